The van der Waals surface area contributed by atoms with Crippen LogP contribution in [0, 0.1) is 11.3 Å². The quantitative estimate of drug-likeness (QED) is 0.0968. The van der Waals surface area contributed by atoms with Crippen LogP contribution in [0.15, 0.2) is 127 Å². The van der Waals surface area contributed by atoms with Gasteiger partial charge in [-0.05, 0) is 95.2 Å². The molecule has 1 aliphatic heterocycles. The Labute approximate surface area is 338 Å². The minimum Gasteiger partial charge on any atom is -0.457 e. The van der Waals surface area contributed by atoms with E-state index in [2.05, 4.69) is 92.8 Å². The number of carbonyl (C=O) groups is 1. The van der Waals surface area contributed by atoms with Crippen LogP contribution in [0.25, 0.3) is 0 Å². The number of para-hydroxylation sites is 2. The van der Waals surface area contributed by atoms with E-state index >= 15 is 0 Å². The smallest absolute Gasteiger partial charge is 0.457 e. The summed E-state index contributed by atoms with van der Waals surface area (Å²) >= 11 is 0. The second kappa shape index (κ2) is 17.5. The molecule has 5 aromatic rings. The fraction of sp³-hybridized carbons (Fsp3) is 0.367. The van der Waals surface area contributed by atoms with Gasteiger partial charge in [-0.2, -0.15) is 0 Å². The third-order valence-electron chi connectivity index (χ3n) is 12.2. The van der Waals surface area contributed by atoms with E-state index in [9.17, 15) is 19.1 Å². The number of ether oxygens (including phenoxy) is 1. The summed E-state index contributed by atoms with van der Waals surface area (Å²) in [6.07, 6.45) is 7.70. The van der Waals surface area contributed by atoms with Crippen molar-refractivity contribution < 1.29 is 28.4 Å². The van der Waals surface area contributed by atoms with E-state index in [4.69, 9.17) is 9.26 Å². The summed E-state index contributed by atoms with van der Waals surface area (Å²) in [6.45, 7) is 6.46. The number of fused-ring (bicyclic) bond motifs is 2. The van der Waals surface area contributed by atoms with Gasteiger partial charge in [0.2, 0.25) is 5.91 Å². The summed E-state index contributed by atoms with van der Waals surface area (Å²) < 4.78 is 24.0. The molecule has 7 rings (SSSR count). The molecule has 1 saturated carbocycles. The number of carbonyl (C=O) groups excluding carboxylic acids is 1. The van der Waals surface area contributed by atoms with E-state index in [1.807, 2.05) is 60.7 Å². The molecule has 2 atom stereocenters. The number of phosphoric ester groups is 1. The molecule has 298 valence electrons. The minimum atomic E-state index is -4.73. The number of anilines is 1. The maximum absolute atomic E-state index is 14.3. The Morgan fingerprint density at radius 3 is 1.98 bits per heavy atom. The van der Waals surface area contributed by atoms with Gasteiger partial charge in [0.05, 0.1) is 6.61 Å². The summed E-state index contributed by atoms with van der Waals surface area (Å²) in [7, 11) is -4.73. The Morgan fingerprint density at radius 1 is 0.807 bits per heavy atom. The van der Waals surface area contributed by atoms with Crippen molar-refractivity contribution >= 4 is 19.4 Å². The highest BCUT2D eigenvalue weighted by Crippen LogP contribution is 2.51. The Bertz CT molecular complexity index is 2120. The third kappa shape index (κ3) is 10.1. The molecule has 7 nitrogen and oxygen atoms in total. The largest absolute Gasteiger partial charge is 0.469 e. The van der Waals surface area contributed by atoms with Crippen LogP contribution in [0.2, 0.25) is 0 Å². The number of hydrogen-bond donors (Lipinski definition) is 3. The van der Waals surface area contributed by atoms with Crippen molar-refractivity contribution in [2.24, 2.45) is 11.3 Å². The minimum absolute atomic E-state index is 0.0220. The molecule has 0 radical (unpaired) electrons. The van der Waals surface area contributed by atoms with E-state index in [-0.39, 0.29) is 47.5 Å². The van der Waals surface area contributed by atoms with Gasteiger partial charge in [-0.15, -0.1) is 0 Å². The van der Waals surface area contributed by atoms with Crippen molar-refractivity contribution in [1.82, 2.24) is 0 Å². The normalized spacial score (nSPS) is 16.4. The van der Waals surface area contributed by atoms with E-state index in [1.165, 1.54) is 11.1 Å². The van der Waals surface area contributed by atoms with Gasteiger partial charge in [0.15, 0.2) is 0 Å². The molecule has 0 saturated heterocycles. The standard InChI is InChI=1S/C49H56NO6P/c1-48(2,3)43-26-25-37(31-44(43)50-47(51)32-42-40-21-11-13-23-45(40)56-46-24-14-12-22-41(42)46)38(29-35-17-7-4-8-18-35)30-39(34-55-57(52,53)54)49(27-15-6-16-28-49)33-36-19-9-5-10-20-36/h4-5,7-14,17-26,31,38-39,42H,6,15-16,27-30,32-34H2,1-3H3,(H,50,51)(H2,52,53,54)/t38?,39-/m1/s1. The lowest BCUT2D eigenvalue weighted by Crippen LogP contribution is -2.39. The lowest BCUT2D eigenvalue weighted by Gasteiger charge is -2.45. The van der Waals surface area contributed by atoms with Crippen molar-refractivity contribution in [3.63, 3.8) is 0 Å². The number of rotatable bonds is 14. The highest BCUT2D eigenvalue weighted by Gasteiger charge is 2.42. The molecule has 1 aliphatic carbocycles. The number of nitrogens with one attached hydrogen (secondary N) is 1. The van der Waals surface area contributed by atoms with Crippen molar-refractivity contribution in [3.8, 4) is 11.5 Å². The molecular formula is C49H56NO6P. The highest BCUT2D eigenvalue weighted by molar-refractivity contribution is 7.46. The molecule has 5 aromatic carbocycles. The van der Waals surface area contributed by atoms with Crippen LogP contribution >= 0.6 is 7.82 Å². The average molecular weight is 786 g/mol. The zero-order valence-corrected chi connectivity index (χ0v) is 34.3. The van der Waals surface area contributed by atoms with Crippen molar-refractivity contribution in [2.75, 3.05) is 11.9 Å². The zero-order valence-electron chi connectivity index (χ0n) is 33.4. The predicted molar refractivity (Wildman–Crippen MR) is 228 cm³/mol. The molecule has 1 fully saturated rings. The lowest BCUT2D eigenvalue weighted by molar-refractivity contribution is -0.116. The highest BCUT2D eigenvalue weighted by atomic mass is 31.2. The first-order valence-corrected chi connectivity index (χ1v) is 22.0. The SMILES string of the molecule is CC(C)(C)c1ccc(C(Cc2ccccc2)C[C@H](COP(=O)(O)O)C2(Cc3ccccc3)CCCCC2)cc1NC(=O)CC1c2ccccc2Oc2ccccc21. The van der Waals surface area contributed by atoms with Crippen LogP contribution in [-0.4, -0.2) is 22.3 Å². The Balaban J connectivity index is 1.25. The third-order valence-corrected chi connectivity index (χ3v) is 12.7. The molecule has 0 spiro atoms. The second-order valence-corrected chi connectivity index (χ2v) is 18.5. The van der Waals surface area contributed by atoms with Crippen LogP contribution < -0.4 is 10.1 Å². The Morgan fingerprint density at radius 2 is 1.39 bits per heavy atom. The zero-order chi connectivity index (χ0) is 40.0. The van der Waals surface area contributed by atoms with Crippen molar-refractivity contribution in [3.05, 3.63) is 161 Å². The molecule has 0 aromatic heterocycles. The van der Waals surface area contributed by atoms with Gasteiger partial charge in [-0.3, -0.25) is 9.32 Å². The predicted octanol–water partition coefficient (Wildman–Crippen LogP) is 11.9. The topological polar surface area (TPSA) is 105 Å². The molecule has 57 heavy (non-hydrogen) atoms. The molecule has 8 heteroatoms. The molecule has 2 aliphatic rings. The van der Waals surface area contributed by atoms with Crippen molar-refractivity contribution in [2.45, 2.75) is 95.8 Å². The molecule has 1 unspecified atom stereocenters. The van der Waals surface area contributed by atoms with Crippen LogP contribution in [0.4, 0.5) is 5.69 Å². The van der Waals surface area contributed by atoms with Crippen molar-refractivity contribution in [1.29, 1.82) is 0 Å². The van der Waals surface area contributed by atoms with Gasteiger partial charge in [-0.1, -0.05) is 149 Å². The van der Waals surface area contributed by atoms with E-state index in [1.54, 1.807) is 0 Å². The monoisotopic (exact) mass is 785 g/mol. The van der Waals surface area contributed by atoms with Gasteiger partial charge in [-0.25, -0.2) is 4.57 Å². The van der Waals surface area contributed by atoms with Gasteiger partial charge in [0.25, 0.3) is 0 Å². The summed E-state index contributed by atoms with van der Waals surface area (Å²) in [5.41, 5.74) is 6.87. The first kappa shape index (κ1) is 40.7. The molecule has 0 bridgehead atoms. The Kier molecular flexibility index (Phi) is 12.5. The lowest BCUT2D eigenvalue weighted by atomic mass is 9.60. The van der Waals surface area contributed by atoms with E-state index in [0.29, 0.717) is 6.42 Å². The molecule has 1 amide bonds. The molecular weight excluding hydrogens is 730 g/mol. The number of hydrogen-bond acceptors (Lipinski definition) is 4. The fourth-order valence-electron chi connectivity index (χ4n) is 9.44. The second-order valence-electron chi connectivity index (χ2n) is 17.2. The van der Waals surface area contributed by atoms with Gasteiger partial charge in [0.1, 0.15) is 11.5 Å². The van der Waals surface area contributed by atoms with Crippen LogP contribution in [0.1, 0.15) is 111 Å². The van der Waals surface area contributed by atoms with Gasteiger partial charge >= 0.3 is 7.82 Å². The maximum atomic E-state index is 14.3. The molecule has 1 heterocycles. The van der Waals surface area contributed by atoms with E-state index < -0.39 is 7.82 Å². The number of benzene rings is 5. The van der Waals surface area contributed by atoms with Gasteiger partial charge < -0.3 is 19.8 Å². The van der Waals surface area contributed by atoms with Crippen LogP contribution in [0.3, 0.4) is 0 Å². The molecule has 3 N–H and O–H groups in total. The van der Waals surface area contributed by atoms with E-state index in [0.717, 1.165) is 84.4 Å². The summed E-state index contributed by atoms with van der Waals surface area (Å²) in [5, 5.41) is 3.38. The number of phosphoric acid groups is 1. The maximum Gasteiger partial charge on any atom is 0.469 e. The summed E-state index contributed by atoms with van der Waals surface area (Å²) in [5.74, 6) is 1.15. The first-order valence-electron chi connectivity index (χ1n) is 20.4. The first-order chi connectivity index (χ1) is 27.4. The van der Waals surface area contributed by atoms with Crippen LogP contribution in [0.5, 0.6) is 11.5 Å². The number of amides is 1. The Hall–Kier alpha value is -4.52. The average Bonchev–Trinajstić information content (AvgIpc) is 3.19. The fourth-order valence-corrected chi connectivity index (χ4v) is 9.81. The van der Waals surface area contributed by atoms with Gasteiger partial charge in [0, 0.05) is 29.2 Å². The van der Waals surface area contributed by atoms with Crippen LogP contribution in [-0.2, 0) is 32.1 Å². The summed E-state index contributed by atoms with van der Waals surface area (Å²) in [6, 6.07) is 43.3. The summed E-state index contributed by atoms with van der Waals surface area (Å²) in [4.78, 5) is 34.3.